The van der Waals surface area contributed by atoms with Crippen LogP contribution >= 0.6 is 0 Å². The smallest absolute Gasteiger partial charge is 0.325 e. The number of esters is 1. The van der Waals surface area contributed by atoms with Crippen LogP contribution in [-0.4, -0.2) is 58.4 Å². The van der Waals surface area contributed by atoms with Crippen molar-refractivity contribution in [1.29, 1.82) is 0 Å². The Labute approximate surface area is 259 Å². The zero-order valence-corrected chi connectivity index (χ0v) is 26.4. The molecule has 5 rings (SSSR count). The van der Waals surface area contributed by atoms with Crippen molar-refractivity contribution >= 4 is 40.7 Å². The molecular weight excluding hydrogens is 558 g/mol. The number of carbonyl (C=O) groups is 4. The lowest BCUT2D eigenvalue weighted by Gasteiger charge is -2.37. The number of ether oxygens (including phenoxy) is 1. The topological polar surface area (TPSA) is 130 Å². The average molecular weight is 604 g/mol. The molecule has 236 valence electrons. The Morgan fingerprint density at radius 3 is 2.43 bits per heavy atom. The number of carbonyl (C=O) groups excluding carboxylic acids is 4. The van der Waals surface area contributed by atoms with E-state index in [-0.39, 0.29) is 17.7 Å². The molecule has 1 aromatic heterocycles. The van der Waals surface area contributed by atoms with Crippen molar-refractivity contribution in [2.24, 2.45) is 17.3 Å². The summed E-state index contributed by atoms with van der Waals surface area (Å²) in [5.74, 6) is -1.11. The SMILES string of the molecule is CC1CCC2(/C=C/c3ccc4ccc(nc4c3)[C@@H](C)OC(=O)[C@@H]3CCCN(N3)C(=O)[C@H](C)NC(=O)C(C(C)C)NC2=O)CC1. The van der Waals surface area contributed by atoms with Crippen LogP contribution in [0.3, 0.4) is 0 Å². The molecule has 3 heterocycles. The second-order valence-electron chi connectivity index (χ2n) is 13.2. The van der Waals surface area contributed by atoms with E-state index >= 15 is 0 Å². The van der Waals surface area contributed by atoms with Gasteiger partial charge in [-0.2, -0.15) is 0 Å². The van der Waals surface area contributed by atoms with Gasteiger partial charge in [-0.25, -0.2) is 10.4 Å². The van der Waals surface area contributed by atoms with Crippen molar-refractivity contribution < 1.29 is 23.9 Å². The Morgan fingerprint density at radius 1 is 0.977 bits per heavy atom. The van der Waals surface area contributed by atoms with Gasteiger partial charge in [-0.3, -0.25) is 24.2 Å². The van der Waals surface area contributed by atoms with Gasteiger partial charge in [-0.1, -0.05) is 51.1 Å². The summed E-state index contributed by atoms with van der Waals surface area (Å²) >= 11 is 0. The second kappa shape index (κ2) is 13.1. The molecule has 1 saturated carbocycles. The number of benzene rings is 1. The van der Waals surface area contributed by atoms with Crippen LogP contribution in [-0.2, 0) is 23.9 Å². The van der Waals surface area contributed by atoms with Crippen LogP contribution in [0.15, 0.2) is 36.4 Å². The van der Waals surface area contributed by atoms with E-state index < -0.39 is 41.5 Å². The van der Waals surface area contributed by atoms with Gasteiger partial charge in [0.2, 0.25) is 11.8 Å². The summed E-state index contributed by atoms with van der Waals surface area (Å²) in [4.78, 5) is 58.9. The molecule has 1 aliphatic carbocycles. The number of hydrogen-bond donors (Lipinski definition) is 3. The third-order valence-electron chi connectivity index (χ3n) is 9.36. The minimum Gasteiger partial charge on any atom is -0.455 e. The lowest BCUT2D eigenvalue weighted by Crippen LogP contribution is -2.61. The molecule has 44 heavy (non-hydrogen) atoms. The fourth-order valence-corrected chi connectivity index (χ4v) is 6.33. The number of hydrogen-bond acceptors (Lipinski definition) is 7. The molecule has 2 aromatic rings. The van der Waals surface area contributed by atoms with E-state index in [2.05, 4.69) is 23.0 Å². The van der Waals surface area contributed by atoms with Crippen molar-refractivity contribution in [2.45, 2.75) is 97.4 Å². The van der Waals surface area contributed by atoms with Crippen LogP contribution in [0.4, 0.5) is 0 Å². The summed E-state index contributed by atoms with van der Waals surface area (Å²) in [6.07, 6.45) is 7.65. The highest BCUT2D eigenvalue weighted by molar-refractivity contribution is 5.94. The van der Waals surface area contributed by atoms with Gasteiger partial charge in [0, 0.05) is 11.9 Å². The van der Waals surface area contributed by atoms with Gasteiger partial charge in [0.05, 0.1) is 16.6 Å². The van der Waals surface area contributed by atoms with E-state index in [1.165, 1.54) is 5.01 Å². The summed E-state index contributed by atoms with van der Waals surface area (Å²) < 4.78 is 5.80. The quantitative estimate of drug-likeness (QED) is 0.417. The van der Waals surface area contributed by atoms with E-state index in [9.17, 15) is 19.2 Å². The van der Waals surface area contributed by atoms with Gasteiger partial charge in [0.25, 0.3) is 5.91 Å². The van der Waals surface area contributed by atoms with Crippen molar-refractivity contribution in [3.63, 3.8) is 0 Å². The van der Waals surface area contributed by atoms with Gasteiger partial charge in [0.15, 0.2) is 0 Å². The van der Waals surface area contributed by atoms with Crippen molar-refractivity contribution in [3.05, 3.63) is 47.7 Å². The number of cyclic esters (lactones) is 1. The molecule has 5 bridgehead atoms. The lowest BCUT2D eigenvalue weighted by molar-refractivity contribution is -0.157. The van der Waals surface area contributed by atoms with E-state index in [0.717, 1.165) is 29.3 Å². The first-order valence-electron chi connectivity index (χ1n) is 15.9. The molecule has 1 unspecified atom stereocenters. The van der Waals surface area contributed by atoms with Crippen LogP contribution < -0.4 is 16.1 Å². The maximum atomic E-state index is 14.1. The van der Waals surface area contributed by atoms with Crippen LogP contribution in [0, 0.1) is 17.3 Å². The van der Waals surface area contributed by atoms with E-state index in [0.29, 0.717) is 43.8 Å². The highest BCUT2D eigenvalue weighted by atomic mass is 16.5. The first kappa shape index (κ1) is 31.6. The first-order valence-corrected chi connectivity index (χ1v) is 15.9. The number of nitrogens with one attached hydrogen (secondary N) is 3. The summed E-state index contributed by atoms with van der Waals surface area (Å²) in [6.45, 7) is 9.75. The van der Waals surface area contributed by atoms with E-state index in [1.54, 1.807) is 13.8 Å². The monoisotopic (exact) mass is 603 g/mol. The number of nitrogens with zero attached hydrogens (tertiary/aromatic N) is 2. The molecule has 3 amide bonds. The molecule has 1 aromatic carbocycles. The summed E-state index contributed by atoms with van der Waals surface area (Å²) in [5.41, 5.74) is 4.52. The largest absolute Gasteiger partial charge is 0.455 e. The lowest BCUT2D eigenvalue weighted by atomic mass is 9.69. The number of pyridine rings is 1. The highest BCUT2D eigenvalue weighted by Crippen LogP contribution is 2.41. The van der Waals surface area contributed by atoms with Gasteiger partial charge in [-0.05, 0) is 81.9 Å². The van der Waals surface area contributed by atoms with E-state index in [1.807, 2.05) is 56.3 Å². The molecule has 3 N–H and O–H groups in total. The molecule has 10 nitrogen and oxygen atoms in total. The maximum Gasteiger partial charge on any atom is 0.325 e. The fraction of sp³-hybridized carbons (Fsp3) is 0.559. The summed E-state index contributed by atoms with van der Waals surface area (Å²) in [5, 5.41) is 8.20. The Balaban J connectivity index is 1.53. The number of rotatable bonds is 1. The minimum atomic E-state index is -0.873. The first-order chi connectivity index (χ1) is 21.0. The van der Waals surface area contributed by atoms with Crippen LogP contribution in [0.25, 0.3) is 17.0 Å². The van der Waals surface area contributed by atoms with Gasteiger partial charge in [0.1, 0.15) is 24.2 Å². The maximum absolute atomic E-state index is 14.1. The summed E-state index contributed by atoms with van der Waals surface area (Å²) in [7, 11) is 0. The third kappa shape index (κ3) is 6.80. The molecule has 2 aliphatic heterocycles. The zero-order chi connectivity index (χ0) is 31.6. The fourth-order valence-electron chi connectivity index (χ4n) is 6.33. The summed E-state index contributed by atoms with van der Waals surface area (Å²) in [6, 6.07) is 7.38. The van der Waals surface area contributed by atoms with Gasteiger partial charge in [-0.15, -0.1) is 0 Å². The van der Waals surface area contributed by atoms with E-state index in [4.69, 9.17) is 9.72 Å². The van der Waals surface area contributed by atoms with Crippen molar-refractivity contribution in [1.82, 2.24) is 26.1 Å². The van der Waals surface area contributed by atoms with Crippen molar-refractivity contribution in [2.75, 3.05) is 6.54 Å². The predicted molar refractivity (Wildman–Crippen MR) is 168 cm³/mol. The van der Waals surface area contributed by atoms with Crippen molar-refractivity contribution in [3.8, 4) is 0 Å². The molecule has 10 heteroatoms. The minimum absolute atomic E-state index is 0.175. The Bertz CT molecular complexity index is 1450. The number of hydrazine groups is 1. The molecule has 0 radical (unpaired) electrons. The Kier molecular flexibility index (Phi) is 9.39. The Morgan fingerprint density at radius 2 is 1.70 bits per heavy atom. The standard InChI is InChI=1S/C34H45N5O5/c1-20(2)29-30(40)35-22(4)31(41)39-18-6-7-27(38-39)32(42)44-23(5)26-11-10-25-9-8-24(19-28(25)36-26)14-17-34(33(43)37-29)15-12-21(3)13-16-34/h8-11,14,17,19-23,27,29,38H,6-7,12-13,15-16,18H2,1-5H3,(H,35,40)(H,37,43)/b17-14+/t21?,22-,23+,27-,29?,34?/m0/s1. The molecule has 1 spiro atoms. The molecule has 2 fully saturated rings. The van der Waals surface area contributed by atoms with Crippen LogP contribution in [0.1, 0.15) is 90.5 Å². The average Bonchev–Trinajstić information content (AvgIpc) is 3.01. The molecule has 3 aliphatic rings. The van der Waals surface area contributed by atoms with Gasteiger partial charge >= 0.3 is 5.97 Å². The zero-order valence-electron chi connectivity index (χ0n) is 26.4. The number of aromatic nitrogens is 1. The Hall–Kier alpha value is -3.79. The highest BCUT2D eigenvalue weighted by Gasteiger charge is 2.41. The second-order valence-corrected chi connectivity index (χ2v) is 13.2. The molecular formula is C34H45N5O5. The van der Waals surface area contributed by atoms with Crippen LogP contribution in [0.2, 0.25) is 0 Å². The number of amides is 3. The molecule has 4 atom stereocenters. The predicted octanol–water partition coefficient (Wildman–Crippen LogP) is 4.20. The number of fused-ring (bicyclic) bond motifs is 4. The van der Waals surface area contributed by atoms with Gasteiger partial charge < -0.3 is 15.4 Å². The van der Waals surface area contributed by atoms with Crippen LogP contribution in [0.5, 0.6) is 0 Å². The third-order valence-corrected chi connectivity index (χ3v) is 9.36. The normalized spacial score (nSPS) is 31.5. The molecule has 1 saturated heterocycles.